The van der Waals surface area contributed by atoms with E-state index in [4.69, 9.17) is 5.73 Å². The van der Waals surface area contributed by atoms with E-state index in [1.807, 2.05) is 0 Å². The Morgan fingerprint density at radius 2 is 2.05 bits per heavy atom. The van der Waals surface area contributed by atoms with Gasteiger partial charge in [-0.15, -0.1) is 0 Å². The molecule has 0 bridgehead atoms. The van der Waals surface area contributed by atoms with Crippen molar-refractivity contribution in [1.29, 1.82) is 0 Å². The Kier molecular flexibility index (Phi) is 4.76. The number of nitrogens with two attached hydrogens (primary N) is 1. The van der Waals surface area contributed by atoms with Gasteiger partial charge in [-0.3, -0.25) is 4.79 Å². The van der Waals surface area contributed by atoms with Crippen LogP contribution < -0.4 is 11.1 Å². The number of methoxy groups -OCH3 is 1. The highest BCUT2D eigenvalue weighted by Crippen LogP contribution is 2.16. The molecule has 8 heteroatoms. The molecule has 0 fully saturated rings. The number of nitrogen functional groups attached to an aromatic ring is 1. The maximum Gasteiger partial charge on any atom is 0.336 e. The predicted octanol–water partition coefficient (Wildman–Crippen LogP) is -0.189. The molecule has 0 aliphatic rings. The van der Waals surface area contributed by atoms with Crippen LogP contribution in [0.1, 0.15) is 10.4 Å². The lowest BCUT2D eigenvalue weighted by Gasteiger charge is -2.10. The van der Waals surface area contributed by atoms with Gasteiger partial charge in [-0.25, -0.2) is 13.6 Å². The molecule has 0 saturated carbocycles. The van der Waals surface area contributed by atoms with Crippen LogP contribution in [0.4, 0.5) is 14.5 Å². The molecule has 104 valence electrons. The number of esters is 1. The number of rotatable bonds is 4. The number of hydrogen-bond donors (Lipinski definition) is 3. The molecule has 0 spiro atoms. The van der Waals surface area contributed by atoms with Crippen molar-refractivity contribution in [3.63, 3.8) is 0 Å². The third-order valence-electron chi connectivity index (χ3n) is 2.26. The summed E-state index contributed by atoms with van der Waals surface area (Å²) in [5.41, 5.74) is 4.33. The van der Waals surface area contributed by atoms with Gasteiger partial charge in [0.05, 0.1) is 24.9 Å². The molecule has 1 aromatic carbocycles. The number of nitrogens with one attached hydrogen (secondary N) is 1. The van der Waals surface area contributed by atoms with Crippen LogP contribution in [-0.4, -0.2) is 36.7 Å². The Morgan fingerprint density at radius 3 is 2.63 bits per heavy atom. The van der Waals surface area contributed by atoms with E-state index in [1.54, 1.807) is 0 Å². The smallest absolute Gasteiger partial charge is 0.336 e. The van der Waals surface area contributed by atoms with Crippen LogP contribution in [0.2, 0.25) is 0 Å². The fourth-order valence-electron chi connectivity index (χ4n) is 1.24. The van der Waals surface area contributed by atoms with E-state index < -0.39 is 41.7 Å². The summed E-state index contributed by atoms with van der Waals surface area (Å²) in [5, 5.41) is 11.3. The highest BCUT2D eigenvalue weighted by Gasteiger charge is 2.19. The highest BCUT2D eigenvalue weighted by atomic mass is 19.1. The number of carbonyl (C=O) groups excluding carboxylic acids is 2. The van der Waals surface area contributed by atoms with Crippen molar-refractivity contribution in [3.8, 4) is 0 Å². The molecule has 1 atom stereocenters. The van der Waals surface area contributed by atoms with Crippen LogP contribution in [0.15, 0.2) is 12.1 Å². The quantitative estimate of drug-likeness (QED) is 0.522. The summed E-state index contributed by atoms with van der Waals surface area (Å²) >= 11 is 0. The topological polar surface area (TPSA) is 102 Å². The van der Waals surface area contributed by atoms with Crippen LogP contribution >= 0.6 is 0 Å². The molecular weight excluding hydrogens is 262 g/mol. The van der Waals surface area contributed by atoms with Crippen LogP contribution in [0.5, 0.6) is 0 Å². The average molecular weight is 274 g/mol. The number of anilines is 1. The van der Waals surface area contributed by atoms with Gasteiger partial charge in [-0.1, -0.05) is 0 Å². The Labute approximate surface area is 107 Å². The van der Waals surface area contributed by atoms with Crippen molar-refractivity contribution < 1.29 is 28.2 Å². The second-order valence-electron chi connectivity index (χ2n) is 3.60. The molecule has 1 rings (SSSR count). The minimum absolute atomic E-state index is 0.389. The lowest BCUT2D eigenvalue weighted by molar-refractivity contribution is -0.149. The maximum absolute atomic E-state index is 13.3. The lowest BCUT2D eigenvalue weighted by Crippen LogP contribution is -2.37. The summed E-state index contributed by atoms with van der Waals surface area (Å²) in [6, 6.07) is 1.30. The van der Waals surface area contributed by atoms with Gasteiger partial charge in [0.2, 0.25) is 0 Å². The van der Waals surface area contributed by atoms with Gasteiger partial charge < -0.3 is 20.9 Å². The number of ether oxygens (including phenoxy) is 1. The minimum atomic E-state index is -1.57. The summed E-state index contributed by atoms with van der Waals surface area (Å²) in [7, 11) is 1.06. The zero-order valence-electron chi connectivity index (χ0n) is 9.94. The minimum Gasteiger partial charge on any atom is -0.467 e. The van der Waals surface area contributed by atoms with Gasteiger partial charge in [0.1, 0.15) is 11.6 Å². The molecule has 1 aromatic rings. The van der Waals surface area contributed by atoms with Crippen molar-refractivity contribution in [2.45, 2.75) is 6.10 Å². The standard InChI is InChI=1S/C11H12F2N2O4/c1-19-11(18)9(16)4-15-10(17)5-2-8(14)7(13)3-6(5)12/h2-3,9,16H,4,14H2,1H3,(H,15,17). The van der Waals surface area contributed by atoms with E-state index in [2.05, 4.69) is 10.1 Å². The van der Waals surface area contributed by atoms with E-state index >= 15 is 0 Å². The first-order chi connectivity index (χ1) is 8.86. The fraction of sp³-hybridized carbons (Fsp3) is 0.273. The van der Waals surface area contributed by atoms with Gasteiger partial charge in [0, 0.05) is 6.07 Å². The van der Waals surface area contributed by atoms with Gasteiger partial charge in [0.25, 0.3) is 5.91 Å². The number of aliphatic hydroxyl groups excluding tert-OH is 1. The van der Waals surface area contributed by atoms with E-state index in [0.29, 0.717) is 6.07 Å². The Bertz CT molecular complexity index is 508. The lowest BCUT2D eigenvalue weighted by atomic mass is 10.1. The zero-order valence-corrected chi connectivity index (χ0v) is 9.94. The highest BCUT2D eigenvalue weighted by molar-refractivity contribution is 5.95. The van der Waals surface area contributed by atoms with Crippen molar-refractivity contribution in [3.05, 3.63) is 29.3 Å². The molecule has 1 amide bonds. The predicted molar refractivity (Wildman–Crippen MR) is 61.1 cm³/mol. The van der Waals surface area contributed by atoms with Gasteiger partial charge in [-0.05, 0) is 6.07 Å². The van der Waals surface area contributed by atoms with Gasteiger partial charge in [-0.2, -0.15) is 0 Å². The molecule has 0 aromatic heterocycles. The number of amides is 1. The molecule has 0 aliphatic heterocycles. The third-order valence-corrected chi connectivity index (χ3v) is 2.26. The summed E-state index contributed by atoms with van der Waals surface area (Å²) in [6.45, 7) is -0.470. The molecule has 4 N–H and O–H groups in total. The first kappa shape index (κ1) is 14.8. The molecular formula is C11H12F2N2O4. The summed E-state index contributed by atoms with van der Waals surface area (Å²) in [6.07, 6.45) is -1.57. The number of carbonyl (C=O) groups is 2. The van der Waals surface area contributed by atoms with E-state index in [-0.39, 0.29) is 5.69 Å². The van der Waals surface area contributed by atoms with E-state index in [0.717, 1.165) is 13.2 Å². The monoisotopic (exact) mass is 274 g/mol. The third kappa shape index (κ3) is 3.62. The maximum atomic E-state index is 13.3. The average Bonchev–Trinajstić information content (AvgIpc) is 2.38. The SMILES string of the molecule is COC(=O)C(O)CNC(=O)c1cc(N)c(F)cc1F. The zero-order chi connectivity index (χ0) is 14.6. The van der Waals surface area contributed by atoms with Crippen LogP contribution in [0, 0.1) is 11.6 Å². The first-order valence-corrected chi connectivity index (χ1v) is 5.15. The molecule has 6 nitrogen and oxygen atoms in total. The second-order valence-corrected chi connectivity index (χ2v) is 3.60. The summed E-state index contributed by atoms with van der Waals surface area (Å²) in [4.78, 5) is 22.4. The molecule has 0 saturated heterocycles. The normalized spacial score (nSPS) is 11.8. The van der Waals surface area contributed by atoms with Gasteiger partial charge >= 0.3 is 5.97 Å². The molecule has 1 unspecified atom stereocenters. The van der Waals surface area contributed by atoms with Gasteiger partial charge in [0.15, 0.2) is 6.10 Å². The largest absolute Gasteiger partial charge is 0.467 e. The Hall–Kier alpha value is -2.22. The van der Waals surface area contributed by atoms with Crippen molar-refractivity contribution in [2.75, 3.05) is 19.4 Å². The van der Waals surface area contributed by atoms with Crippen molar-refractivity contribution in [2.24, 2.45) is 0 Å². The number of benzene rings is 1. The Balaban J connectivity index is 2.74. The van der Waals surface area contributed by atoms with E-state index in [1.165, 1.54) is 0 Å². The fourth-order valence-corrected chi connectivity index (χ4v) is 1.24. The summed E-state index contributed by atoms with van der Waals surface area (Å²) in [5.74, 6) is -3.97. The van der Waals surface area contributed by atoms with Crippen molar-refractivity contribution in [1.82, 2.24) is 5.32 Å². The first-order valence-electron chi connectivity index (χ1n) is 5.15. The molecule has 0 radical (unpaired) electrons. The van der Waals surface area contributed by atoms with E-state index in [9.17, 15) is 23.5 Å². The molecule has 19 heavy (non-hydrogen) atoms. The Morgan fingerprint density at radius 1 is 1.42 bits per heavy atom. The number of hydrogen-bond acceptors (Lipinski definition) is 5. The second kappa shape index (κ2) is 6.10. The number of aliphatic hydroxyl groups is 1. The summed E-state index contributed by atoms with van der Waals surface area (Å²) < 4.78 is 30.4. The van der Waals surface area contributed by atoms with Crippen LogP contribution in [-0.2, 0) is 9.53 Å². The van der Waals surface area contributed by atoms with Crippen molar-refractivity contribution >= 4 is 17.6 Å². The molecule has 0 heterocycles. The molecule has 0 aliphatic carbocycles. The van der Waals surface area contributed by atoms with Crippen LogP contribution in [0.25, 0.3) is 0 Å². The van der Waals surface area contributed by atoms with Crippen LogP contribution in [0.3, 0.4) is 0 Å². The number of halogens is 2.